The normalized spacial score (nSPS) is 27.2. The summed E-state index contributed by atoms with van der Waals surface area (Å²) in [6, 6.07) is 0. The maximum absolute atomic E-state index is 10.6. The first-order chi connectivity index (χ1) is 6.74. The van der Waals surface area contributed by atoms with Gasteiger partial charge >= 0.3 is 5.97 Å². The summed E-state index contributed by atoms with van der Waals surface area (Å²) < 4.78 is 0. The van der Waals surface area contributed by atoms with Crippen LogP contribution in [-0.4, -0.2) is 11.1 Å². The van der Waals surface area contributed by atoms with Crippen LogP contribution in [0.15, 0.2) is 12.2 Å². The van der Waals surface area contributed by atoms with E-state index >= 15 is 0 Å². The fraction of sp³-hybridized carbons (Fsp3) is 0.750. The first-order valence-electron chi connectivity index (χ1n) is 5.60. The Balaban J connectivity index is 2.35. The van der Waals surface area contributed by atoms with E-state index < -0.39 is 5.97 Å². The minimum absolute atomic E-state index is 0.366. The summed E-state index contributed by atoms with van der Waals surface area (Å²) >= 11 is 0. The van der Waals surface area contributed by atoms with E-state index in [0.717, 1.165) is 19.3 Å². The maximum atomic E-state index is 10.6. The number of allylic oxidation sites excluding steroid dienone is 2. The average molecular weight is 196 g/mol. The molecule has 1 aliphatic rings. The molecule has 0 heterocycles. The van der Waals surface area contributed by atoms with Gasteiger partial charge in [-0.2, -0.15) is 0 Å². The number of rotatable bonds is 5. The molecule has 2 nitrogen and oxygen atoms in total. The Bertz CT molecular complexity index is 208. The zero-order valence-electron chi connectivity index (χ0n) is 8.91. The smallest absolute Gasteiger partial charge is 0.303 e. The number of carbonyl (C=O) groups is 1. The Labute approximate surface area is 86.0 Å². The highest BCUT2D eigenvalue weighted by atomic mass is 16.4. The van der Waals surface area contributed by atoms with Crippen molar-refractivity contribution in [3.05, 3.63) is 12.2 Å². The molecule has 2 unspecified atom stereocenters. The van der Waals surface area contributed by atoms with E-state index in [1.807, 2.05) is 0 Å². The highest BCUT2D eigenvalue weighted by molar-refractivity contribution is 5.67. The Kier molecular flexibility index (Phi) is 4.71. The molecular weight excluding hydrogens is 176 g/mol. The zero-order valence-corrected chi connectivity index (χ0v) is 8.91. The van der Waals surface area contributed by atoms with Gasteiger partial charge < -0.3 is 5.11 Å². The third-order valence-corrected chi connectivity index (χ3v) is 3.09. The molecule has 0 aromatic carbocycles. The first kappa shape index (κ1) is 11.3. The third kappa shape index (κ3) is 3.52. The van der Waals surface area contributed by atoms with Crippen LogP contribution in [0.1, 0.15) is 45.4 Å². The average Bonchev–Trinajstić information content (AvgIpc) is 2.52. The summed E-state index contributed by atoms with van der Waals surface area (Å²) in [6.45, 7) is 2.12. The van der Waals surface area contributed by atoms with Gasteiger partial charge in [-0.3, -0.25) is 4.79 Å². The Morgan fingerprint density at radius 3 is 2.71 bits per heavy atom. The van der Waals surface area contributed by atoms with Gasteiger partial charge in [0, 0.05) is 6.42 Å². The number of carboxylic acid groups (broad SMARTS) is 1. The minimum atomic E-state index is -0.638. The van der Waals surface area contributed by atoms with E-state index in [-0.39, 0.29) is 0 Å². The van der Waals surface area contributed by atoms with Crippen LogP contribution in [0.3, 0.4) is 0 Å². The van der Waals surface area contributed by atoms with Gasteiger partial charge in [0.05, 0.1) is 0 Å². The van der Waals surface area contributed by atoms with Crippen molar-refractivity contribution < 1.29 is 9.90 Å². The summed E-state index contributed by atoms with van der Waals surface area (Å²) in [5.74, 6) is 0.407. The molecule has 0 saturated heterocycles. The maximum Gasteiger partial charge on any atom is 0.303 e. The van der Waals surface area contributed by atoms with Crippen molar-refractivity contribution in [2.75, 3.05) is 0 Å². The molecule has 14 heavy (non-hydrogen) atoms. The Hall–Kier alpha value is -0.790. The van der Waals surface area contributed by atoms with Crippen LogP contribution >= 0.6 is 0 Å². The second-order valence-corrected chi connectivity index (χ2v) is 4.16. The van der Waals surface area contributed by atoms with E-state index in [0.29, 0.717) is 18.3 Å². The van der Waals surface area contributed by atoms with Gasteiger partial charge in [-0.15, -0.1) is 0 Å². The van der Waals surface area contributed by atoms with Crippen LogP contribution in [0.4, 0.5) is 0 Å². The Morgan fingerprint density at radius 2 is 2.07 bits per heavy atom. The standard InChI is InChI=1S/C12H20O2/c1-2-3-4-6-10-7-5-8-11(10)9-12(13)14/h3-4,10-11H,2,5-9H2,1H3,(H,13,14)/b4-3-. The third-order valence-electron chi connectivity index (χ3n) is 3.09. The molecule has 0 spiro atoms. The largest absolute Gasteiger partial charge is 0.481 e. The van der Waals surface area contributed by atoms with Gasteiger partial charge in [0.2, 0.25) is 0 Å². The van der Waals surface area contributed by atoms with Gasteiger partial charge in [0.1, 0.15) is 0 Å². The van der Waals surface area contributed by atoms with Crippen molar-refractivity contribution in [2.45, 2.75) is 45.4 Å². The highest BCUT2D eigenvalue weighted by Crippen LogP contribution is 2.36. The molecular formula is C12H20O2. The lowest BCUT2D eigenvalue weighted by Gasteiger charge is -2.15. The SMILES string of the molecule is CC/C=C\CC1CCCC1CC(=O)O. The Morgan fingerprint density at radius 1 is 1.36 bits per heavy atom. The zero-order chi connectivity index (χ0) is 10.4. The predicted octanol–water partition coefficient (Wildman–Crippen LogP) is 3.23. The second-order valence-electron chi connectivity index (χ2n) is 4.16. The molecule has 0 amide bonds. The molecule has 2 atom stereocenters. The molecule has 1 aliphatic carbocycles. The quantitative estimate of drug-likeness (QED) is 0.685. The van der Waals surface area contributed by atoms with Crippen molar-refractivity contribution in [2.24, 2.45) is 11.8 Å². The number of hydrogen-bond donors (Lipinski definition) is 1. The second kappa shape index (κ2) is 5.84. The highest BCUT2D eigenvalue weighted by Gasteiger charge is 2.27. The topological polar surface area (TPSA) is 37.3 Å². The van der Waals surface area contributed by atoms with E-state index in [1.165, 1.54) is 12.8 Å². The van der Waals surface area contributed by atoms with Gasteiger partial charge in [-0.05, 0) is 37.5 Å². The van der Waals surface area contributed by atoms with Crippen LogP contribution in [-0.2, 0) is 4.79 Å². The van der Waals surface area contributed by atoms with Crippen molar-refractivity contribution in [3.8, 4) is 0 Å². The van der Waals surface area contributed by atoms with Crippen LogP contribution < -0.4 is 0 Å². The molecule has 2 heteroatoms. The van der Waals surface area contributed by atoms with Gasteiger partial charge in [0.15, 0.2) is 0 Å². The van der Waals surface area contributed by atoms with E-state index in [2.05, 4.69) is 19.1 Å². The van der Waals surface area contributed by atoms with Crippen LogP contribution in [0.5, 0.6) is 0 Å². The summed E-state index contributed by atoms with van der Waals surface area (Å²) in [6.07, 6.45) is 10.4. The number of aliphatic carboxylic acids is 1. The van der Waals surface area contributed by atoms with Crippen molar-refractivity contribution >= 4 is 5.97 Å². The molecule has 0 aromatic rings. The first-order valence-corrected chi connectivity index (χ1v) is 5.60. The van der Waals surface area contributed by atoms with Crippen molar-refractivity contribution in [3.63, 3.8) is 0 Å². The monoisotopic (exact) mass is 196 g/mol. The molecule has 80 valence electrons. The molecule has 0 radical (unpaired) electrons. The number of carboxylic acids is 1. The fourth-order valence-corrected chi connectivity index (χ4v) is 2.35. The molecule has 1 N–H and O–H groups in total. The molecule has 0 aliphatic heterocycles. The summed E-state index contributed by atoms with van der Waals surface area (Å²) in [5, 5.41) is 8.75. The van der Waals surface area contributed by atoms with Gasteiger partial charge in [-0.1, -0.05) is 25.5 Å². The summed E-state index contributed by atoms with van der Waals surface area (Å²) in [4.78, 5) is 10.6. The molecule has 1 saturated carbocycles. The number of hydrogen-bond acceptors (Lipinski definition) is 1. The summed E-state index contributed by atoms with van der Waals surface area (Å²) in [7, 11) is 0. The lowest BCUT2D eigenvalue weighted by atomic mass is 9.90. The van der Waals surface area contributed by atoms with Crippen LogP contribution in [0, 0.1) is 11.8 Å². The van der Waals surface area contributed by atoms with Gasteiger partial charge in [-0.25, -0.2) is 0 Å². The molecule has 0 aromatic heterocycles. The van der Waals surface area contributed by atoms with E-state index in [4.69, 9.17) is 5.11 Å². The summed E-state index contributed by atoms with van der Waals surface area (Å²) in [5.41, 5.74) is 0. The molecule has 1 rings (SSSR count). The van der Waals surface area contributed by atoms with Crippen LogP contribution in [0.25, 0.3) is 0 Å². The van der Waals surface area contributed by atoms with E-state index in [9.17, 15) is 4.79 Å². The minimum Gasteiger partial charge on any atom is -0.481 e. The van der Waals surface area contributed by atoms with Crippen molar-refractivity contribution in [1.82, 2.24) is 0 Å². The molecule has 0 bridgehead atoms. The lowest BCUT2D eigenvalue weighted by Crippen LogP contribution is -2.12. The van der Waals surface area contributed by atoms with E-state index in [1.54, 1.807) is 0 Å². The van der Waals surface area contributed by atoms with Crippen LogP contribution in [0.2, 0.25) is 0 Å². The lowest BCUT2D eigenvalue weighted by molar-refractivity contribution is -0.138. The fourth-order valence-electron chi connectivity index (χ4n) is 2.35. The van der Waals surface area contributed by atoms with Crippen molar-refractivity contribution in [1.29, 1.82) is 0 Å². The molecule has 1 fully saturated rings. The van der Waals surface area contributed by atoms with Gasteiger partial charge in [0.25, 0.3) is 0 Å². The predicted molar refractivity (Wildman–Crippen MR) is 57.1 cm³/mol.